The van der Waals surface area contributed by atoms with E-state index in [9.17, 15) is 36.3 Å². The Morgan fingerprint density at radius 2 is 1.40 bits per heavy atom. The van der Waals surface area contributed by atoms with Crippen LogP contribution in [-0.2, 0) is 6.18 Å². The summed E-state index contributed by atoms with van der Waals surface area (Å²) in [5, 5.41) is 8.88. The van der Waals surface area contributed by atoms with Crippen molar-refractivity contribution >= 4 is 44.9 Å². The number of halogens is 5. The van der Waals surface area contributed by atoms with Gasteiger partial charge in [0.25, 0.3) is 0 Å². The molecule has 5 aromatic rings. The molecule has 1 fully saturated rings. The van der Waals surface area contributed by atoms with E-state index >= 15 is 0 Å². The van der Waals surface area contributed by atoms with E-state index in [1.165, 1.54) is 25.1 Å². The summed E-state index contributed by atoms with van der Waals surface area (Å²) in [7, 11) is 0.500. The van der Waals surface area contributed by atoms with Gasteiger partial charge in [0.1, 0.15) is 17.3 Å². The standard InChI is InChI=1S/C40H38F4N4O4.CH3F.U/c1-26(41)27-4-2-7-32(22-27)48-20-18-47(19-21-48)17-13-36(50)29-9-11-38-34(24-29)39(51)33-23-28(8-10-37(33)52-38)35(49)12-14-45-15-16-46-31-6-3-5-30(25-31)40(42,43)44;1-2;/h2-11,22-26H,12-21H2,1H3;1H3;/q-2;;+2. The Bertz CT molecular complexity index is 2130. The summed E-state index contributed by atoms with van der Waals surface area (Å²) in [4.78, 5) is 44.2. The zero-order chi connectivity index (χ0) is 38.8. The summed E-state index contributed by atoms with van der Waals surface area (Å²) < 4.78 is 68.0. The van der Waals surface area contributed by atoms with Crippen molar-refractivity contribution in [3.8, 4) is 0 Å². The predicted molar refractivity (Wildman–Crippen MR) is 202 cm³/mol. The number of hydrogen-bond acceptors (Lipinski definition) is 6. The van der Waals surface area contributed by atoms with E-state index in [1.54, 1.807) is 36.4 Å². The van der Waals surface area contributed by atoms with Crippen LogP contribution in [0.2, 0.25) is 0 Å². The fourth-order valence-electron chi connectivity index (χ4n) is 6.27. The zero-order valence-electron chi connectivity index (χ0n) is 30.5. The maximum atomic E-state index is 13.8. The molecule has 14 heteroatoms. The van der Waals surface area contributed by atoms with E-state index in [0.717, 1.165) is 44.0 Å². The Morgan fingerprint density at radius 3 is 2.02 bits per heavy atom. The van der Waals surface area contributed by atoms with Gasteiger partial charge in [-0.05, 0) is 67.4 Å². The smallest absolute Gasteiger partial charge is 0.686 e. The molecule has 288 valence electrons. The van der Waals surface area contributed by atoms with Gasteiger partial charge in [-0.1, -0.05) is 36.4 Å². The molecule has 6 rings (SSSR count). The fourth-order valence-corrected chi connectivity index (χ4v) is 6.27. The van der Waals surface area contributed by atoms with Crippen LogP contribution in [0.4, 0.5) is 33.3 Å². The van der Waals surface area contributed by atoms with Crippen LogP contribution in [0.15, 0.2) is 94.1 Å². The second-order valence-electron chi connectivity index (χ2n) is 12.8. The maximum Gasteiger partial charge on any atom is 2.00 e. The van der Waals surface area contributed by atoms with E-state index in [4.69, 9.17) is 4.42 Å². The van der Waals surface area contributed by atoms with Crippen molar-refractivity contribution in [3.63, 3.8) is 0 Å². The molecule has 0 spiro atoms. The Morgan fingerprint density at radius 1 is 0.782 bits per heavy atom. The maximum absolute atomic E-state index is 13.8. The van der Waals surface area contributed by atoms with Crippen LogP contribution in [0.25, 0.3) is 32.6 Å². The molecule has 2 heterocycles. The Hall–Kier alpha value is -4.09. The van der Waals surface area contributed by atoms with Crippen LogP contribution in [0.3, 0.4) is 0 Å². The molecule has 1 aromatic heterocycles. The van der Waals surface area contributed by atoms with Gasteiger partial charge < -0.3 is 20.0 Å². The van der Waals surface area contributed by atoms with Crippen molar-refractivity contribution in [1.29, 1.82) is 0 Å². The molecule has 4 aromatic carbocycles. The molecule has 0 bridgehead atoms. The molecule has 1 atom stereocenters. The van der Waals surface area contributed by atoms with Crippen LogP contribution in [0, 0.1) is 31.1 Å². The largest absolute Gasteiger partial charge is 2.00 e. The number of Topliss-reactive ketones (excluding diaryl/α,β-unsaturated/α-hetero) is 2. The Kier molecular flexibility index (Phi) is 16.0. The first kappa shape index (κ1) is 43.6. The summed E-state index contributed by atoms with van der Waals surface area (Å²) in [6.07, 6.45) is -5.11. The first-order valence-corrected chi connectivity index (χ1v) is 17.6. The van der Waals surface area contributed by atoms with Gasteiger partial charge in [0.2, 0.25) is 5.43 Å². The van der Waals surface area contributed by atoms with Gasteiger partial charge >= 0.3 is 37.3 Å². The van der Waals surface area contributed by atoms with Crippen molar-refractivity contribution in [1.82, 2.24) is 4.90 Å². The summed E-state index contributed by atoms with van der Waals surface area (Å²) in [6, 6.07) is 21.8. The molecule has 1 saturated heterocycles. The van der Waals surface area contributed by atoms with E-state index < -0.39 is 17.9 Å². The number of fused-ring (bicyclic) bond motifs is 2. The number of benzene rings is 4. The second kappa shape index (κ2) is 20.2. The van der Waals surface area contributed by atoms with Gasteiger partial charge in [-0.2, -0.15) is 26.3 Å². The molecule has 1 aliphatic heterocycles. The molecule has 1 aliphatic rings. The normalized spacial score (nSPS) is 13.8. The van der Waals surface area contributed by atoms with Crippen molar-refractivity contribution in [3.05, 3.63) is 128 Å². The molecule has 0 N–H and O–H groups in total. The van der Waals surface area contributed by atoms with Gasteiger partial charge in [-0.15, -0.1) is 12.2 Å². The third-order valence-corrected chi connectivity index (χ3v) is 9.26. The quantitative estimate of drug-likeness (QED) is 0.0476. The molecule has 0 saturated carbocycles. The number of piperazine rings is 1. The molecule has 55 heavy (non-hydrogen) atoms. The third-order valence-electron chi connectivity index (χ3n) is 9.26. The molecular weight excluding hydrogens is 945 g/mol. The fraction of sp³-hybridized carbons (Fsp3) is 0.341. The molecule has 1 unspecified atom stereocenters. The average Bonchev–Trinajstić information content (AvgIpc) is 3.19. The number of carbonyl (C=O) groups is 2. The van der Waals surface area contributed by atoms with Crippen molar-refractivity contribution < 1.29 is 67.1 Å². The average molecular weight is 987 g/mol. The number of carbonyl (C=O) groups excluding carboxylic acids is 2. The van der Waals surface area contributed by atoms with Crippen LogP contribution < -0.4 is 10.3 Å². The molecule has 0 aliphatic carbocycles. The van der Waals surface area contributed by atoms with Crippen LogP contribution in [0.1, 0.15) is 57.8 Å². The first-order chi connectivity index (χ1) is 26.0. The van der Waals surface area contributed by atoms with Crippen molar-refractivity contribution in [2.75, 3.05) is 64.4 Å². The zero-order valence-corrected chi connectivity index (χ0v) is 34.7. The molecule has 0 radical (unpaired) electrons. The second-order valence-corrected chi connectivity index (χ2v) is 12.8. The number of hydrogen-bond donors (Lipinski definition) is 0. The van der Waals surface area contributed by atoms with E-state index in [0.29, 0.717) is 41.6 Å². The summed E-state index contributed by atoms with van der Waals surface area (Å²) in [5.41, 5.74) is 2.13. The number of anilines is 1. The third kappa shape index (κ3) is 11.5. The monoisotopic (exact) mass is 986 g/mol. The van der Waals surface area contributed by atoms with Crippen molar-refractivity contribution in [2.24, 2.45) is 0 Å². The van der Waals surface area contributed by atoms with Gasteiger partial charge in [0, 0.05) is 56.0 Å². The summed E-state index contributed by atoms with van der Waals surface area (Å²) in [5.74, 6) is -0.323. The minimum absolute atomic E-state index is 0. The van der Waals surface area contributed by atoms with Crippen molar-refractivity contribution in [2.45, 2.75) is 32.1 Å². The van der Waals surface area contributed by atoms with Gasteiger partial charge in [0.05, 0.1) is 23.5 Å². The summed E-state index contributed by atoms with van der Waals surface area (Å²) in [6.45, 7) is 5.78. The van der Waals surface area contributed by atoms with E-state index in [-0.39, 0.29) is 97.0 Å². The van der Waals surface area contributed by atoms with Gasteiger partial charge in [-0.3, -0.25) is 23.7 Å². The Labute approximate surface area is 339 Å². The number of alkyl halides is 5. The SMILES string of the molecule is CC(F)c1cccc(N2CCN(CCC(=O)c3ccc4oc5ccc(C(=O)CC[N-]CC[N-]c6cccc(C(F)(F)F)c6)cc5c(=O)c4c3)CC2)c1.CF.[U+2]. The van der Waals surface area contributed by atoms with E-state index in [1.807, 2.05) is 18.2 Å². The van der Waals surface area contributed by atoms with Crippen LogP contribution in [0.5, 0.6) is 0 Å². The topological polar surface area (TPSA) is 99.0 Å². The molecular formula is C41H41F5N4O4U. The predicted octanol–water partition coefficient (Wildman–Crippen LogP) is 9.63. The van der Waals surface area contributed by atoms with Crippen LogP contribution in [-0.4, -0.2) is 76.0 Å². The minimum atomic E-state index is -4.44. The number of nitrogens with zero attached hydrogens (tertiary/aromatic N) is 4. The minimum Gasteiger partial charge on any atom is -0.686 e. The first-order valence-electron chi connectivity index (χ1n) is 17.6. The number of rotatable bonds is 14. The molecule has 0 amide bonds. The van der Waals surface area contributed by atoms with Crippen LogP contribution >= 0.6 is 0 Å². The molecule has 8 nitrogen and oxygen atoms in total. The van der Waals surface area contributed by atoms with Gasteiger partial charge in [-0.25, -0.2) is 4.39 Å². The Balaban J connectivity index is 0.00000221. The van der Waals surface area contributed by atoms with Gasteiger partial charge in [0.15, 0.2) is 11.6 Å². The summed E-state index contributed by atoms with van der Waals surface area (Å²) >= 11 is 0. The van der Waals surface area contributed by atoms with E-state index in [2.05, 4.69) is 20.4 Å². The number of ketones is 2.